The number of hydrogen-bond donors (Lipinski definition) is 2. The molecule has 1 aliphatic rings. The number of likely N-dealkylation sites (tertiary alicyclic amines) is 1. The standard InChI is InChI=1S/C27H28N4O3/c1-30(24-10-3-2-4-11-24)26(33)20-12-14-22(15-13-20)29-25(32)19-28-23-9-7-8-21(18-23)27(34)31-16-5-6-17-31/h2-4,7-15,18,28H,5-6,16-17,19H2,1H3,(H,29,32). The molecule has 1 saturated heterocycles. The molecule has 0 unspecified atom stereocenters. The van der Waals surface area contributed by atoms with Crippen molar-refractivity contribution >= 4 is 34.8 Å². The molecule has 174 valence electrons. The molecule has 3 amide bonds. The lowest BCUT2D eigenvalue weighted by Crippen LogP contribution is -2.27. The number of hydrogen-bond acceptors (Lipinski definition) is 4. The van der Waals surface area contributed by atoms with Crippen LogP contribution in [-0.2, 0) is 4.79 Å². The first kappa shape index (κ1) is 23.0. The van der Waals surface area contributed by atoms with Crippen LogP contribution >= 0.6 is 0 Å². The van der Waals surface area contributed by atoms with Gasteiger partial charge in [0.05, 0.1) is 6.54 Å². The Balaban J connectivity index is 1.30. The minimum atomic E-state index is -0.225. The first-order valence-electron chi connectivity index (χ1n) is 11.4. The van der Waals surface area contributed by atoms with Crippen LogP contribution < -0.4 is 15.5 Å². The van der Waals surface area contributed by atoms with E-state index in [1.807, 2.05) is 47.4 Å². The number of nitrogens with one attached hydrogen (secondary N) is 2. The van der Waals surface area contributed by atoms with Gasteiger partial charge in [0.15, 0.2) is 0 Å². The average Bonchev–Trinajstić information content (AvgIpc) is 3.42. The summed E-state index contributed by atoms with van der Waals surface area (Å²) in [6, 6.07) is 23.4. The second-order valence-electron chi connectivity index (χ2n) is 8.26. The summed E-state index contributed by atoms with van der Waals surface area (Å²) in [6.45, 7) is 1.65. The van der Waals surface area contributed by atoms with Crippen LogP contribution in [-0.4, -0.2) is 49.3 Å². The minimum Gasteiger partial charge on any atom is -0.376 e. The summed E-state index contributed by atoms with van der Waals surface area (Å²) in [5.41, 5.74) is 3.27. The van der Waals surface area contributed by atoms with E-state index in [0.717, 1.165) is 31.6 Å². The quantitative estimate of drug-likeness (QED) is 0.557. The number of amides is 3. The second-order valence-corrected chi connectivity index (χ2v) is 8.26. The number of anilines is 3. The van der Waals surface area contributed by atoms with Crippen LogP contribution in [0, 0.1) is 0 Å². The summed E-state index contributed by atoms with van der Waals surface area (Å²) < 4.78 is 0. The highest BCUT2D eigenvalue weighted by molar-refractivity contribution is 6.06. The van der Waals surface area contributed by atoms with Gasteiger partial charge in [0, 0.05) is 48.3 Å². The van der Waals surface area contributed by atoms with E-state index in [4.69, 9.17) is 0 Å². The highest BCUT2D eigenvalue weighted by Gasteiger charge is 2.19. The highest BCUT2D eigenvalue weighted by Crippen LogP contribution is 2.18. The van der Waals surface area contributed by atoms with Crippen molar-refractivity contribution < 1.29 is 14.4 Å². The van der Waals surface area contributed by atoms with E-state index in [9.17, 15) is 14.4 Å². The van der Waals surface area contributed by atoms with Gasteiger partial charge in [-0.1, -0.05) is 24.3 Å². The van der Waals surface area contributed by atoms with Crippen LogP contribution in [0.3, 0.4) is 0 Å². The minimum absolute atomic E-state index is 0.0261. The maximum atomic E-state index is 12.7. The number of nitrogens with zero attached hydrogens (tertiary/aromatic N) is 2. The van der Waals surface area contributed by atoms with E-state index >= 15 is 0 Å². The van der Waals surface area contributed by atoms with Crippen LogP contribution in [0.5, 0.6) is 0 Å². The van der Waals surface area contributed by atoms with Crippen LogP contribution in [0.1, 0.15) is 33.6 Å². The lowest BCUT2D eigenvalue weighted by Gasteiger charge is -2.17. The van der Waals surface area contributed by atoms with Crippen LogP contribution in [0.15, 0.2) is 78.9 Å². The van der Waals surface area contributed by atoms with E-state index < -0.39 is 0 Å². The molecule has 0 aromatic heterocycles. The van der Waals surface area contributed by atoms with Crippen LogP contribution in [0.4, 0.5) is 17.1 Å². The summed E-state index contributed by atoms with van der Waals surface area (Å²) in [5, 5.41) is 5.89. The van der Waals surface area contributed by atoms with Gasteiger partial charge >= 0.3 is 0 Å². The van der Waals surface area contributed by atoms with Crippen molar-refractivity contribution in [3.8, 4) is 0 Å². The van der Waals surface area contributed by atoms with Gasteiger partial charge in [-0.25, -0.2) is 0 Å². The average molecular weight is 457 g/mol. The normalized spacial score (nSPS) is 12.8. The van der Waals surface area contributed by atoms with E-state index in [1.54, 1.807) is 48.3 Å². The third-order valence-electron chi connectivity index (χ3n) is 5.82. The van der Waals surface area contributed by atoms with Crippen LogP contribution in [0.25, 0.3) is 0 Å². The third-order valence-corrected chi connectivity index (χ3v) is 5.82. The Labute approximate surface area is 199 Å². The predicted octanol–water partition coefficient (Wildman–Crippen LogP) is 4.25. The second kappa shape index (κ2) is 10.7. The summed E-state index contributed by atoms with van der Waals surface area (Å²) in [5.74, 6) is -0.330. The fourth-order valence-electron chi connectivity index (χ4n) is 3.91. The Morgan fingerprint density at radius 3 is 2.24 bits per heavy atom. The Kier molecular flexibility index (Phi) is 7.22. The zero-order chi connectivity index (χ0) is 23.9. The van der Waals surface area contributed by atoms with E-state index in [0.29, 0.717) is 22.5 Å². The molecule has 4 rings (SSSR count). The summed E-state index contributed by atoms with van der Waals surface area (Å²) in [4.78, 5) is 41.1. The number of rotatable bonds is 7. The highest BCUT2D eigenvalue weighted by atomic mass is 16.2. The smallest absolute Gasteiger partial charge is 0.258 e. The van der Waals surface area contributed by atoms with Crippen molar-refractivity contribution in [2.24, 2.45) is 0 Å². The zero-order valence-electron chi connectivity index (χ0n) is 19.2. The summed E-state index contributed by atoms with van der Waals surface area (Å²) in [6.07, 6.45) is 2.09. The molecular formula is C27H28N4O3. The van der Waals surface area contributed by atoms with Gasteiger partial charge < -0.3 is 20.4 Å². The largest absolute Gasteiger partial charge is 0.376 e. The predicted molar refractivity (Wildman–Crippen MR) is 134 cm³/mol. The van der Waals surface area contributed by atoms with E-state index in [-0.39, 0.29) is 24.3 Å². The van der Waals surface area contributed by atoms with Crippen LogP contribution in [0.2, 0.25) is 0 Å². The fraction of sp³-hybridized carbons (Fsp3) is 0.222. The molecule has 0 saturated carbocycles. The molecule has 3 aromatic rings. The molecule has 0 atom stereocenters. The van der Waals surface area contributed by atoms with Crippen molar-refractivity contribution in [2.45, 2.75) is 12.8 Å². The molecule has 1 heterocycles. The van der Waals surface area contributed by atoms with Crippen molar-refractivity contribution in [3.63, 3.8) is 0 Å². The maximum Gasteiger partial charge on any atom is 0.258 e. The van der Waals surface area contributed by atoms with Crippen molar-refractivity contribution in [1.29, 1.82) is 0 Å². The van der Waals surface area contributed by atoms with Gasteiger partial charge in [-0.15, -0.1) is 0 Å². The molecule has 7 nitrogen and oxygen atoms in total. The lowest BCUT2D eigenvalue weighted by molar-refractivity contribution is -0.114. The van der Waals surface area contributed by atoms with Crippen molar-refractivity contribution in [1.82, 2.24) is 4.90 Å². The Morgan fingerprint density at radius 1 is 0.824 bits per heavy atom. The van der Waals surface area contributed by atoms with Gasteiger partial charge in [-0.2, -0.15) is 0 Å². The van der Waals surface area contributed by atoms with Gasteiger partial charge in [-0.05, 0) is 67.4 Å². The first-order valence-corrected chi connectivity index (χ1v) is 11.4. The monoisotopic (exact) mass is 456 g/mol. The van der Waals surface area contributed by atoms with Gasteiger partial charge in [-0.3, -0.25) is 14.4 Å². The Bertz CT molecular complexity index is 1160. The third kappa shape index (κ3) is 5.61. The Morgan fingerprint density at radius 2 is 1.53 bits per heavy atom. The Hall–Kier alpha value is -4.13. The number of para-hydroxylation sites is 1. The molecular weight excluding hydrogens is 428 g/mol. The van der Waals surface area contributed by atoms with Crippen molar-refractivity contribution in [3.05, 3.63) is 90.0 Å². The molecule has 0 aliphatic carbocycles. The number of carbonyl (C=O) groups excluding carboxylic acids is 3. The molecule has 0 bridgehead atoms. The molecule has 2 N–H and O–H groups in total. The van der Waals surface area contributed by atoms with E-state index in [1.165, 1.54) is 0 Å². The maximum absolute atomic E-state index is 12.7. The van der Waals surface area contributed by atoms with Gasteiger partial charge in [0.25, 0.3) is 11.8 Å². The molecule has 1 aliphatic heterocycles. The molecule has 1 fully saturated rings. The molecule has 34 heavy (non-hydrogen) atoms. The molecule has 0 spiro atoms. The van der Waals surface area contributed by atoms with E-state index in [2.05, 4.69) is 10.6 Å². The zero-order valence-corrected chi connectivity index (χ0v) is 19.2. The topological polar surface area (TPSA) is 81.8 Å². The van der Waals surface area contributed by atoms with Gasteiger partial charge in [0.2, 0.25) is 5.91 Å². The van der Waals surface area contributed by atoms with Gasteiger partial charge in [0.1, 0.15) is 0 Å². The SMILES string of the molecule is CN(C(=O)c1ccc(NC(=O)CNc2cccc(C(=O)N3CCCC3)c2)cc1)c1ccccc1. The summed E-state index contributed by atoms with van der Waals surface area (Å²) in [7, 11) is 1.73. The molecule has 7 heteroatoms. The lowest BCUT2D eigenvalue weighted by atomic mass is 10.1. The molecule has 3 aromatic carbocycles. The summed E-state index contributed by atoms with van der Waals surface area (Å²) >= 11 is 0. The fourth-order valence-corrected chi connectivity index (χ4v) is 3.91. The van der Waals surface area contributed by atoms with Crippen molar-refractivity contribution in [2.75, 3.05) is 42.2 Å². The number of benzene rings is 3. The molecule has 0 radical (unpaired) electrons. The number of carbonyl (C=O) groups is 3. The first-order chi connectivity index (χ1) is 16.5.